The molecule has 3 rings (SSSR count). The molecule has 3 aromatic rings. The number of benzene rings is 1. The first-order valence-electron chi connectivity index (χ1n) is 5.99. The molecule has 0 aliphatic rings. The highest BCUT2D eigenvalue weighted by atomic mass is 16.5. The molecule has 0 aliphatic carbocycles. The zero-order valence-electron chi connectivity index (χ0n) is 10.6. The Morgan fingerprint density at radius 1 is 1.21 bits per heavy atom. The number of nitrogens with zero attached hydrogens (tertiary/aromatic N) is 2. The van der Waals surface area contributed by atoms with E-state index in [1.807, 2.05) is 30.5 Å². The van der Waals surface area contributed by atoms with Crippen molar-refractivity contribution in [1.82, 2.24) is 15.0 Å². The van der Waals surface area contributed by atoms with Crippen LogP contribution in [0.15, 0.2) is 36.8 Å². The van der Waals surface area contributed by atoms with Crippen molar-refractivity contribution in [3.05, 3.63) is 42.4 Å². The maximum Gasteiger partial charge on any atom is 0.141 e. The molecule has 19 heavy (non-hydrogen) atoms. The Morgan fingerprint density at radius 3 is 2.68 bits per heavy atom. The van der Waals surface area contributed by atoms with Crippen LogP contribution in [0.1, 0.15) is 5.56 Å². The quantitative estimate of drug-likeness (QED) is 0.750. The molecule has 0 radical (unpaired) electrons. The van der Waals surface area contributed by atoms with Gasteiger partial charge in [-0.2, -0.15) is 0 Å². The Bertz CT molecular complexity index is 703. The van der Waals surface area contributed by atoms with Gasteiger partial charge in [0.05, 0.1) is 12.8 Å². The summed E-state index contributed by atoms with van der Waals surface area (Å²) in [7, 11) is 1.65. The summed E-state index contributed by atoms with van der Waals surface area (Å²) in [6.45, 7) is 0.455. The number of H-pyrrole nitrogens is 1. The van der Waals surface area contributed by atoms with Crippen LogP contribution < -0.4 is 10.5 Å². The fourth-order valence-electron chi connectivity index (χ4n) is 2.16. The van der Waals surface area contributed by atoms with Crippen molar-refractivity contribution in [2.24, 2.45) is 5.73 Å². The molecule has 1 aromatic carbocycles. The minimum Gasteiger partial charge on any atom is -0.497 e. The summed E-state index contributed by atoms with van der Waals surface area (Å²) >= 11 is 0. The molecule has 3 N–H and O–H groups in total. The van der Waals surface area contributed by atoms with Crippen LogP contribution in [0.25, 0.3) is 22.3 Å². The lowest BCUT2D eigenvalue weighted by Crippen LogP contribution is -1.96. The standard InChI is InChI=1S/C14H14N4O/c1-19-11-4-2-9(3-5-11)13-12-10(6-15)7-16-14(12)18-8-17-13/h2-5,7-8H,6,15H2,1H3,(H,16,17,18). The number of ether oxygens (including phenoxy) is 1. The smallest absolute Gasteiger partial charge is 0.141 e. The molecule has 96 valence electrons. The number of fused-ring (bicyclic) bond motifs is 1. The highest BCUT2D eigenvalue weighted by Gasteiger charge is 2.11. The summed E-state index contributed by atoms with van der Waals surface area (Å²) in [6, 6.07) is 7.79. The normalized spacial score (nSPS) is 10.8. The molecule has 2 heterocycles. The summed E-state index contributed by atoms with van der Waals surface area (Å²) in [4.78, 5) is 11.7. The minimum absolute atomic E-state index is 0.455. The third kappa shape index (κ3) is 1.94. The Morgan fingerprint density at radius 2 is 2.00 bits per heavy atom. The number of rotatable bonds is 3. The molecule has 0 unspecified atom stereocenters. The van der Waals surface area contributed by atoms with Crippen molar-refractivity contribution in [2.45, 2.75) is 6.54 Å². The van der Waals surface area contributed by atoms with E-state index in [9.17, 15) is 0 Å². The number of nitrogens with one attached hydrogen (secondary N) is 1. The fourth-order valence-corrected chi connectivity index (χ4v) is 2.16. The van der Waals surface area contributed by atoms with Crippen LogP contribution in [-0.4, -0.2) is 22.1 Å². The van der Waals surface area contributed by atoms with E-state index in [1.54, 1.807) is 13.4 Å². The summed E-state index contributed by atoms with van der Waals surface area (Å²) in [5.41, 5.74) is 9.48. The van der Waals surface area contributed by atoms with E-state index in [0.717, 1.165) is 33.6 Å². The maximum atomic E-state index is 5.76. The van der Waals surface area contributed by atoms with Crippen molar-refractivity contribution in [1.29, 1.82) is 0 Å². The minimum atomic E-state index is 0.455. The third-order valence-electron chi connectivity index (χ3n) is 3.13. The van der Waals surface area contributed by atoms with Crippen LogP contribution in [0, 0.1) is 0 Å². The third-order valence-corrected chi connectivity index (χ3v) is 3.13. The molecule has 5 nitrogen and oxygen atoms in total. The number of hydrogen-bond acceptors (Lipinski definition) is 4. The van der Waals surface area contributed by atoms with Gasteiger partial charge in [-0.1, -0.05) is 0 Å². The second-order valence-electron chi connectivity index (χ2n) is 4.19. The lowest BCUT2D eigenvalue weighted by Gasteiger charge is -2.05. The van der Waals surface area contributed by atoms with E-state index in [4.69, 9.17) is 10.5 Å². The summed E-state index contributed by atoms with van der Waals surface area (Å²) in [5, 5.41) is 0.982. The van der Waals surface area contributed by atoms with Gasteiger partial charge in [0.15, 0.2) is 0 Å². The molecule has 0 fully saturated rings. The zero-order chi connectivity index (χ0) is 13.2. The molecule has 0 bridgehead atoms. The van der Waals surface area contributed by atoms with Gasteiger partial charge in [-0.25, -0.2) is 9.97 Å². The molecular weight excluding hydrogens is 240 g/mol. The summed E-state index contributed by atoms with van der Waals surface area (Å²) in [6.07, 6.45) is 3.44. The van der Waals surface area contributed by atoms with E-state index >= 15 is 0 Å². The van der Waals surface area contributed by atoms with Crippen molar-refractivity contribution < 1.29 is 4.74 Å². The van der Waals surface area contributed by atoms with Gasteiger partial charge >= 0.3 is 0 Å². The molecule has 0 aliphatic heterocycles. The van der Waals surface area contributed by atoms with Crippen LogP contribution in [0.5, 0.6) is 5.75 Å². The number of aromatic nitrogens is 3. The molecule has 0 saturated heterocycles. The van der Waals surface area contributed by atoms with Gasteiger partial charge in [0.25, 0.3) is 0 Å². The van der Waals surface area contributed by atoms with Crippen molar-refractivity contribution in [3.8, 4) is 17.0 Å². The van der Waals surface area contributed by atoms with Crippen molar-refractivity contribution in [2.75, 3.05) is 7.11 Å². The monoisotopic (exact) mass is 254 g/mol. The number of aromatic amines is 1. The predicted octanol–water partition coefficient (Wildman–Crippen LogP) is 2.09. The van der Waals surface area contributed by atoms with Gasteiger partial charge in [0, 0.05) is 23.7 Å². The average molecular weight is 254 g/mol. The molecule has 0 atom stereocenters. The largest absolute Gasteiger partial charge is 0.497 e. The Balaban J connectivity index is 2.20. The van der Waals surface area contributed by atoms with Crippen molar-refractivity contribution >= 4 is 11.0 Å². The summed E-state index contributed by atoms with van der Waals surface area (Å²) < 4.78 is 5.16. The van der Waals surface area contributed by atoms with E-state index in [2.05, 4.69) is 15.0 Å². The lowest BCUT2D eigenvalue weighted by molar-refractivity contribution is 0.415. The van der Waals surface area contributed by atoms with Crippen LogP contribution >= 0.6 is 0 Å². The highest BCUT2D eigenvalue weighted by molar-refractivity contribution is 5.93. The molecule has 0 saturated carbocycles. The van der Waals surface area contributed by atoms with Crippen LogP contribution in [0.2, 0.25) is 0 Å². The van der Waals surface area contributed by atoms with Crippen LogP contribution in [0.3, 0.4) is 0 Å². The lowest BCUT2D eigenvalue weighted by atomic mass is 10.1. The molecular formula is C14H14N4O. The van der Waals surface area contributed by atoms with Gasteiger partial charge in [-0.3, -0.25) is 0 Å². The zero-order valence-corrected chi connectivity index (χ0v) is 10.6. The molecule has 5 heteroatoms. The number of methoxy groups -OCH3 is 1. The number of hydrogen-bond donors (Lipinski definition) is 2. The highest BCUT2D eigenvalue weighted by Crippen LogP contribution is 2.28. The Labute approximate surface area is 110 Å². The van der Waals surface area contributed by atoms with Crippen molar-refractivity contribution in [3.63, 3.8) is 0 Å². The first kappa shape index (κ1) is 11.7. The van der Waals surface area contributed by atoms with E-state index in [1.165, 1.54) is 0 Å². The SMILES string of the molecule is COc1ccc(-c2ncnc3[nH]cc(CN)c23)cc1. The molecule has 2 aromatic heterocycles. The second-order valence-corrected chi connectivity index (χ2v) is 4.19. The van der Waals surface area contributed by atoms with Gasteiger partial charge in [0.1, 0.15) is 17.7 Å². The van der Waals surface area contributed by atoms with Gasteiger partial charge < -0.3 is 15.5 Å². The van der Waals surface area contributed by atoms with Gasteiger partial charge in [0.2, 0.25) is 0 Å². The van der Waals surface area contributed by atoms with Gasteiger partial charge in [-0.15, -0.1) is 0 Å². The van der Waals surface area contributed by atoms with E-state index in [-0.39, 0.29) is 0 Å². The van der Waals surface area contributed by atoms with Crippen LogP contribution in [-0.2, 0) is 6.54 Å². The molecule has 0 amide bonds. The van der Waals surface area contributed by atoms with Gasteiger partial charge in [-0.05, 0) is 29.8 Å². The van der Waals surface area contributed by atoms with E-state index in [0.29, 0.717) is 6.54 Å². The summed E-state index contributed by atoms with van der Waals surface area (Å²) in [5.74, 6) is 0.821. The topological polar surface area (TPSA) is 76.8 Å². The fraction of sp³-hybridized carbons (Fsp3) is 0.143. The number of nitrogens with two attached hydrogens (primary N) is 1. The average Bonchev–Trinajstić information content (AvgIpc) is 2.90. The first-order chi connectivity index (χ1) is 9.33. The second kappa shape index (κ2) is 4.70. The van der Waals surface area contributed by atoms with Crippen LogP contribution in [0.4, 0.5) is 0 Å². The Hall–Kier alpha value is -2.40. The predicted molar refractivity (Wildman–Crippen MR) is 73.8 cm³/mol. The Kier molecular flexibility index (Phi) is 2.89. The molecule has 0 spiro atoms. The first-order valence-corrected chi connectivity index (χ1v) is 5.99. The maximum absolute atomic E-state index is 5.76. The van der Waals surface area contributed by atoms with E-state index < -0.39 is 0 Å².